The molecule has 2 aromatic carbocycles. The van der Waals surface area contributed by atoms with Crippen LogP contribution in [0.25, 0.3) is 0 Å². The van der Waals surface area contributed by atoms with Gasteiger partial charge in [-0.1, -0.05) is 60.7 Å². The number of methoxy groups -OCH3 is 1. The number of likely N-dealkylation sites (tertiary alicyclic amines) is 1. The van der Waals surface area contributed by atoms with Crippen LogP contribution in [0.15, 0.2) is 60.7 Å². The maximum atomic E-state index is 12.3. The average Bonchev–Trinajstić information content (AvgIpc) is 2.65. The summed E-state index contributed by atoms with van der Waals surface area (Å²) in [5, 5.41) is 0.0857. The Morgan fingerprint density at radius 3 is 2.40 bits per heavy atom. The van der Waals surface area contributed by atoms with Gasteiger partial charge in [-0.25, -0.2) is 0 Å². The van der Waals surface area contributed by atoms with Gasteiger partial charge in [-0.2, -0.15) is 0 Å². The third kappa shape index (κ3) is 4.23. The fourth-order valence-electron chi connectivity index (χ4n) is 2.97. The Hall–Kier alpha value is -2.27. The molecule has 1 aliphatic rings. The Balaban J connectivity index is 1.74. The standard InChI is InChI=1S/C20H21NO3S/c1-24-20(23)12-17(16-10-6-3-7-11-16)21-18(22)13-19(21)25-14-15-8-4-2-5-9-15/h2-11,17,19H,12-14H2,1H3. The fourth-order valence-corrected chi connectivity index (χ4v) is 4.24. The summed E-state index contributed by atoms with van der Waals surface area (Å²) < 4.78 is 4.84. The van der Waals surface area contributed by atoms with E-state index in [-0.39, 0.29) is 29.7 Å². The average molecular weight is 355 g/mol. The molecule has 1 amide bonds. The molecule has 1 aliphatic heterocycles. The van der Waals surface area contributed by atoms with Crippen molar-refractivity contribution in [3.05, 3.63) is 71.8 Å². The highest BCUT2D eigenvalue weighted by Gasteiger charge is 2.42. The number of rotatable bonds is 7. The van der Waals surface area contributed by atoms with Crippen molar-refractivity contribution in [2.24, 2.45) is 0 Å². The van der Waals surface area contributed by atoms with Crippen molar-refractivity contribution in [1.29, 1.82) is 0 Å². The molecule has 0 radical (unpaired) electrons. The van der Waals surface area contributed by atoms with E-state index < -0.39 is 0 Å². The number of hydrogen-bond donors (Lipinski definition) is 0. The first-order chi connectivity index (χ1) is 12.2. The second-order valence-corrected chi connectivity index (χ2v) is 7.13. The summed E-state index contributed by atoms with van der Waals surface area (Å²) in [6.07, 6.45) is 0.691. The Bertz CT molecular complexity index is 720. The van der Waals surface area contributed by atoms with E-state index in [0.717, 1.165) is 11.3 Å². The van der Waals surface area contributed by atoms with E-state index in [0.29, 0.717) is 6.42 Å². The molecule has 2 aromatic rings. The highest BCUT2D eigenvalue weighted by Crippen LogP contribution is 2.40. The normalized spacial score (nSPS) is 17.7. The zero-order valence-corrected chi connectivity index (χ0v) is 14.9. The molecule has 0 aliphatic carbocycles. The molecule has 2 unspecified atom stereocenters. The molecule has 0 aromatic heterocycles. The lowest BCUT2D eigenvalue weighted by Crippen LogP contribution is -2.52. The van der Waals surface area contributed by atoms with Crippen LogP contribution >= 0.6 is 11.8 Å². The molecule has 0 bridgehead atoms. The minimum Gasteiger partial charge on any atom is -0.469 e. The number of nitrogens with zero attached hydrogens (tertiary/aromatic N) is 1. The van der Waals surface area contributed by atoms with Gasteiger partial charge in [-0.05, 0) is 11.1 Å². The lowest BCUT2D eigenvalue weighted by atomic mass is 9.98. The van der Waals surface area contributed by atoms with Crippen LogP contribution in [0.1, 0.15) is 30.0 Å². The molecule has 130 valence electrons. The van der Waals surface area contributed by atoms with E-state index in [1.54, 1.807) is 11.8 Å². The van der Waals surface area contributed by atoms with Crippen molar-refractivity contribution in [3.8, 4) is 0 Å². The topological polar surface area (TPSA) is 46.6 Å². The van der Waals surface area contributed by atoms with Crippen LogP contribution in [0.2, 0.25) is 0 Å². The number of benzene rings is 2. The Kier molecular flexibility index (Phi) is 5.76. The maximum Gasteiger partial charge on any atom is 0.307 e. The number of ether oxygens (including phenoxy) is 1. The predicted molar refractivity (Wildman–Crippen MR) is 98.8 cm³/mol. The first kappa shape index (κ1) is 17.5. The molecule has 3 rings (SSSR count). The SMILES string of the molecule is COC(=O)CC(c1ccccc1)N1C(=O)CC1SCc1ccccc1. The van der Waals surface area contributed by atoms with E-state index in [4.69, 9.17) is 4.74 Å². The van der Waals surface area contributed by atoms with Gasteiger partial charge >= 0.3 is 5.97 Å². The number of thioether (sulfide) groups is 1. The molecule has 0 N–H and O–H groups in total. The minimum absolute atomic E-state index is 0.0857. The second kappa shape index (κ2) is 8.21. The van der Waals surface area contributed by atoms with E-state index in [1.807, 2.05) is 53.4 Å². The van der Waals surface area contributed by atoms with Crippen molar-refractivity contribution in [1.82, 2.24) is 4.90 Å². The quantitative estimate of drug-likeness (QED) is 0.560. The molecule has 1 fully saturated rings. The zero-order chi connectivity index (χ0) is 17.6. The van der Waals surface area contributed by atoms with E-state index >= 15 is 0 Å². The first-order valence-electron chi connectivity index (χ1n) is 8.27. The summed E-state index contributed by atoms with van der Waals surface area (Å²) in [4.78, 5) is 26.0. The summed E-state index contributed by atoms with van der Waals surface area (Å²) in [6, 6.07) is 19.6. The number of carbonyl (C=O) groups is 2. The number of esters is 1. The summed E-state index contributed by atoms with van der Waals surface area (Å²) in [5.74, 6) is 0.623. The lowest BCUT2D eigenvalue weighted by Gasteiger charge is -2.45. The van der Waals surface area contributed by atoms with Crippen molar-refractivity contribution >= 4 is 23.6 Å². The summed E-state index contributed by atoms with van der Waals surface area (Å²) in [7, 11) is 1.38. The summed E-state index contributed by atoms with van der Waals surface area (Å²) >= 11 is 1.74. The number of carbonyl (C=O) groups excluding carboxylic acids is 2. The van der Waals surface area contributed by atoms with Crippen molar-refractivity contribution < 1.29 is 14.3 Å². The summed E-state index contributed by atoms with van der Waals surface area (Å²) in [5.41, 5.74) is 2.20. The van der Waals surface area contributed by atoms with Gasteiger partial charge in [-0.15, -0.1) is 11.8 Å². The van der Waals surface area contributed by atoms with Crippen LogP contribution in [-0.4, -0.2) is 29.3 Å². The third-order valence-corrected chi connectivity index (χ3v) is 5.62. The Morgan fingerprint density at radius 1 is 1.16 bits per heavy atom. The van der Waals surface area contributed by atoms with E-state index in [2.05, 4.69) is 12.1 Å². The maximum absolute atomic E-state index is 12.3. The van der Waals surface area contributed by atoms with Crippen LogP contribution in [0, 0.1) is 0 Å². The number of amides is 1. The van der Waals surface area contributed by atoms with Crippen LogP contribution in [0.5, 0.6) is 0 Å². The van der Waals surface area contributed by atoms with Crippen LogP contribution in [0.4, 0.5) is 0 Å². The van der Waals surface area contributed by atoms with Crippen LogP contribution in [-0.2, 0) is 20.1 Å². The van der Waals surface area contributed by atoms with Crippen molar-refractivity contribution in [2.75, 3.05) is 7.11 Å². The zero-order valence-electron chi connectivity index (χ0n) is 14.1. The number of β-lactam (4-membered cyclic amide) rings is 1. The van der Waals surface area contributed by atoms with Crippen molar-refractivity contribution in [3.63, 3.8) is 0 Å². The van der Waals surface area contributed by atoms with Gasteiger partial charge in [-0.3, -0.25) is 9.59 Å². The predicted octanol–water partition coefficient (Wildman–Crippen LogP) is 3.78. The molecule has 0 spiro atoms. The van der Waals surface area contributed by atoms with Gasteiger partial charge in [0.05, 0.1) is 31.4 Å². The first-order valence-corrected chi connectivity index (χ1v) is 9.32. The minimum atomic E-state index is -0.305. The molecular formula is C20H21NO3S. The van der Waals surface area contributed by atoms with Gasteiger partial charge in [0.2, 0.25) is 5.91 Å². The Labute approximate surface area is 152 Å². The van der Waals surface area contributed by atoms with Gasteiger partial charge in [0, 0.05) is 5.75 Å². The molecule has 2 atom stereocenters. The molecule has 5 heteroatoms. The molecule has 1 saturated heterocycles. The fraction of sp³-hybridized carbons (Fsp3) is 0.300. The molecular weight excluding hydrogens is 334 g/mol. The molecule has 4 nitrogen and oxygen atoms in total. The van der Waals surface area contributed by atoms with Crippen molar-refractivity contribution in [2.45, 2.75) is 30.0 Å². The smallest absolute Gasteiger partial charge is 0.307 e. The van der Waals surface area contributed by atoms with Crippen LogP contribution in [0.3, 0.4) is 0 Å². The molecule has 1 heterocycles. The van der Waals surface area contributed by atoms with Gasteiger partial charge in [0.25, 0.3) is 0 Å². The molecule has 0 saturated carbocycles. The monoisotopic (exact) mass is 355 g/mol. The van der Waals surface area contributed by atoms with Crippen LogP contribution < -0.4 is 0 Å². The van der Waals surface area contributed by atoms with Gasteiger partial charge < -0.3 is 9.64 Å². The van der Waals surface area contributed by atoms with E-state index in [1.165, 1.54) is 12.7 Å². The second-order valence-electron chi connectivity index (χ2n) is 5.96. The summed E-state index contributed by atoms with van der Waals surface area (Å²) in [6.45, 7) is 0. The number of hydrogen-bond acceptors (Lipinski definition) is 4. The van der Waals surface area contributed by atoms with E-state index in [9.17, 15) is 9.59 Å². The Morgan fingerprint density at radius 2 is 1.80 bits per heavy atom. The van der Waals surface area contributed by atoms with Gasteiger partial charge in [0.1, 0.15) is 0 Å². The highest BCUT2D eigenvalue weighted by atomic mass is 32.2. The molecule has 25 heavy (non-hydrogen) atoms. The van der Waals surface area contributed by atoms with Gasteiger partial charge in [0.15, 0.2) is 0 Å². The largest absolute Gasteiger partial charge is 0.469 e. The lowest BCUT2D eigenvalue weighted by molar-refractivity contribution is -0.149. The highest BCUT2D eigenvalue weighted by molar-refractivity contribution is 7.99. The third-order valence-electron chi connectivity index (χ3n) is 4.34.